The molecule has 0 unspecified atom stereocenters. The zero-order valence-corrected chi connectivity index (χ0v) is 19.4. The molecule has 0 aliphatic heterocycles. The Kier molecular flexibility index (Phi) is 7.40. The topological polar surface area (TPSA) is 128 Å². The Morgan fingerprint density at radius 3 is 2.36 bits per heavy atom. The number of nitrogens with one attached hydrogen (secondary N) is 1. The molecule has 36 heavy (non-hydrogen) atoms. The van der Waals surface area contributed by atoms with Gasteiger partial charge in [0, 0.05) is 17.8 Å². The molecule has 2 aromatic carbocycles. The number of anilines is 2. The molecule has 0 spiro atoms. The van der Waals surface area contributed by atoms with E-state index in [1.54, 1.807) is 36.4 Å². The van der Waals surface area contributed by atoms with Crippen LogP contribution in [0.5, 0.6) is 11.6 Å². The smallest absolute Gasteiger partial charge is 0.355 e. The quantitative estimate of drug-likeness (QED) is 0.327. The van der Waals surface area contributed by atoms with E-state index in [1.165, 1.54) is 30.5 Å². The van der Waals surface area contributed by atoms with Crippen LogP contribution in [0.1, 0.15) is 11.1 Å². The van der Waals surface area contributed by atoms with Gasteiger partial charge < -0.3 is 15.2 Å². The summed E-state index contributed by atoms with van der Waals surface area (Å²) in [5.74, 6) is -1.61. The Bertz CT molecular complexity index is 1500. The first-order chi connectivity index (χ1) is 17.3. The number of ether oxygens (including phenoxy) is 1. The first kappa shape index (κ1) is 24.6. The van der Waals surface area contributed by atoms with E-state index in [0.717, 1.165) is 10.1 Å². The highest BCUT2D eigenvalue weighted by molar-refractivity contribution is 6.17. The first-order valence-electron chi connectivity index (χ1n) is 10.6. The number of aromatic nitrogens is 4. The van der Waals surface area contributed by atoms with E-state index in [2.05, 4.69) is 15.3 Å². The highest BCUT2D eigenvalue weighted by Crippen LogP contribution is 2.24. The standard InChI is InChI=1S/C24H19ClFN5O5/c25-12-15-3-5-16(6-4-15)13-30-22(29-23(34)31(24(30)35)14-20(32)33)28-17-7-9-18(10-8-17)36-21-19(26)2-1-11-27-21/h1-11H,12-14H2,(H,32,33)(H,28,29,34). The summed E-state index contributed by atoms with van der Waals surface area (Å²) in [5.41, 5.74) is 0.180. The van der Waals surface area contributed by atoms with Crippen molar-refractivity contribution in [1.29, 1.82) is 0 Å². The van der Waals surface area contributed by atoms with Crippen LogP contribution in [-0.2, 0) is 23.8 Å². The average molecular weight is 512 g/mol. The molecule has 2 N–H and O–H groups in total. The van der Waals surface area contributed by atoms with Crippen LogP contribution in [0.3, 0.4) is 0 Å². The molecular weight excluding hydrogens is 493 g/mol. The van der Waals surface area contributed by atoms with Crippen molar-refractivity contribution in [2.24, 2.45) is 0 Å². The number of carboxylic acid groups (broad SMARTS) is 1. The minimum atomic E-state index is -1.35. The van der Waals surface area contributed by atoms with E-state index >= 15 is 0 Å². The van der Waals surface area contributed by atoms with E-state index in [0.29, 0.717) is 27.4 Å². The summed E-state index contributed by atoms with van der Waals surface area (Å²) in [5, 5.41) is 12.0. The number of nitrogens with zero attached hydrogens (tertiary/aromatic N) is 4. The third kappa shape index (κ3) is 5.76. The lowest BCUT2D eigenvalue weighted by Crippen LogP contribution is -2.44. The number of hydrogen-bond acceptors (Lipinski definition) is 7. The second-order valence-electron chi connectivity index (χ2n) is 7.56. The summed E-state index contributed by atoms with van der Waals surface area (Å²) < 4.78 is 20.9. The molecule has 0 fully saturated rings. The molecule has 0 saturated heterocycles. The predicted octanol–water partition coefficient (Wildman–Crippen LogP) is 3.35. The van der Waals surface area contributed by atoms with E-state index in [9.17, 15) is 18.8 Å². The number of benzene rings is 2. The normalized spacial score (nSPS) is 10.7. The largest absolute Gasteiger partial charge is 0.480 e. The molecule has 184 valence electrons. The van der Waals surface area contributed by atoms with Gasteiger partial charge in [-0.2, -0.15) is 4.98 Å². The number of halogens is 2. The summed E-state index contributed by atoms with van der Waals surface area (Å²) in [7, 11) is 0. The van der Waals surface area contributed by atoms with Gasteiger partial charge in [0.2, 0.25) is 5.95 Å². The zero-order valence-electron chi connectivity index (χ0n) is 18.6. The minimum Gasteiger partial charge on any atom is -0.480 e. The molecule has 0 bridgehead atoms. The lowest BCUT2D eigenvalue weighted by molar-refractivity contribution is -0.137. The van der Waals surface area contributed by atoms with E-state index in [1.807, 2.05) is 0 Å². The van der Waals surface area contributed by atoms with E-state index < -0.39 is 29.7 Å². The molecule has 4 aromatic rings. The van der Waals surface area contributed by atoms with Crippen LogP contribution in [0.25, 0.3) is 0 Å². The molecule has 4 rings (SSSR count). The summed E-state index contributed by atoms with van der Waals surface area (Å²) >= 11 is 5.83. The predicted molar refractivity (Wildman–Crippen MR) is 129 cm³/mol. The van der Waals surface area contributed by atoms with E-state index in [-0.39, 0.29) is 18.4 Å². The fourth-order valence-corrected chi connectivity index (χ4v) is 3.43. The fourth-order valence-electron chi connectivity index (χ4n) is 3.25. The number of aliphatic carboxylic acids is 1. The summed E-state index contributed by atoms with van der Waals surface area (Å²) in [4.78, 5) is 44.4. The SMILES string of the molecule is O=C(O)Cn1c(=O)nc(Nc2ccc(Oc3ncccc3F)cc2)n(Cc2ccc(CCl)cc2)c1=O. The van der Waals surface area contributed by atoms with Crippen molar-refractivity contribution in [1.82, 2.24) is 19.1 Å². The Labute approximate surface area is 208 Å². The van der Waals surface area contributed by atoms with Gasteiger partial charge in [-0.25, -0.2) is 23.5 Å². The summed E-state index contributed by atoms with van der Waals surface area (Å²) in [6, 6.07) is 16.0. The van der Waals surface area contributed by atoms with Crippen molar-refractivity contribution < 1.29 is 19.0 Å². The van der Waals surface area contributed by atoms with Crippen molar-refractivity contribution in [3.8, 4) is 11.6 Å². The van der Waals surface area contributed by atoms with Crippen molar-refractivity contribution >= 4 is 29.2 Å². The van der Waals surface area contributed by atoms with Gasteiger partial charge in [0.15, 0.2) is 5.82 Å². The van der Waals surface area contributed by atoms with Gasteiger partial charge >= 0.3 is 17.3 Å². The van der Waals surface area contributed by atoms with Crippen LogP contribution in [0, 0.1) is 5.82 Å². The van der Waals surface area contributed by atoms with E-state index in [4.69, 9.17) is 21.4 Å². The number of pyridine rings is 1. The molecule has 0 atom stereocenters. The third-order valence-electron chi connectivity index (χ3n) is 5.01. The first-order valence-corrected chi connectivity index (χ1v) is 11.1. The van der Waals surface area contributed by atoms with Gasteiger partial charge in [-0.3, -0.25) is 9.36 Å². The van der Waals surface area contributed by atoms with Crippen LogP contribution >= 0.6 is 11.6 Å². The zero-order chi connectivity index (χ0) is 25.7. The van der Waals surface area contributed by atoms with Gasteiger partial charge in [-0.1, -0.05) is 24.3 Å². The summed E-state index contributed by atoms with van der Waals surface area (Å²) in [6.45, 7) is -0.816. The van der Waals surface area contributed by atoms with Gasteiger partial charge in [-0.15, -0.1) is 11.6 Å². The van der Waals surface area contributed by atoms with Crippen LogP contribution in [0.2, 0.25) is 0 Å². The average Bonchev–Trinajstić information content (AvgIpc) is 2.87. The minimum absolute atomic E-state index is 0.0107. The molecule has 0 aliphatic rings. The van der Waals surface area contributed by atoms with Crippen molar-refractivity contribution in [3.63, 3.8) is 0 Å². The molecular formula is C24H19ClFN5O5. The van der Waals surface area contributed by atoms with Gasteiger partial charge in [0.1, 0.15) is 12.3 Å². The Morgan fingerprint density at radius 1 is 1.03 bits per heavy atom. The molecule has 0 saturated carbocycles. The molecule has 2 aromatic heterocycles. The van der Waals surface area contributed by atoms with Gasteiger partial charge in [0.25, 0.3) is 5.88 Å². The van der Waals surface area contributed by atoms with Crippen molar-refractivity contribution in [3.05, 3.63) is 105 Å². The molecule has 0 aliphatic carbocycles. The lowest BCUT2D eigenvalue weighted by Gasteiger charge is -2.15. The monoisotopic (exact) mass is 511 g/mol. The Hall–Kier alpha value is -4.51. The maximum absolute atomic E-state index is 13.8. The highest BCUT2D eigenvalue weighted by atomic mass is 35.5. The number of alkyl halides is 1. The molecule has 0 amide bonds. The number of carbonyl (C=O) groups is 1. The molecule has 2 heterocycles. The maximum atomic E-state index is 13.8. The lowest BCUT2D eigenvalue weighted by atomic mass is 10.1. The number of carboxylic acids is 1. The highest BCUT2D eigenvalue weighted by Gasteiger charge is 2.16. The van der Waals surface area contributed by atoms with Crippen molar-refractivity contribution in [2.75, 3.05) is 5.32 Å². The molecule has 0 radical (unpaired) electrons. The Morgan fingerprint density at radius 2 is 1.72 bits per heavy atom. The molecule has 10 nitrogen and oxygen atoms in total. The summed E-state index contributed by atoms with van der Waals surface area (Å²) in [6.07, 6.45) is 1.40. The number of rotatable bonds is 9. The maximum Gasteiger partial charge on any atom is 0.355 e. The fraction of sp³-hybridized carbons (Fsp3) is 0.125. The van der Waals surface area contributed by atoms with Gasteiger partial charge in [-0.05, 0) is 47.5 Å². The van der Waals surface area contributed by atoms with Gasteiger partial charge in [0.05, 0.1) is 6.54 Å². The van der Waals surface area contributed by atoms with Crippen LogP contribution in [-0.4, -0.2) is 30.2 Å². The second kappa shape index (κ2) is 10.8. The van der Waals surface area contributed by atoms with Crippen LogP contribution < -0.4 is 21.4 Å². The second-order valence-corrected chi connectivity index (χ2v) is 7.83. The van der Waals surface area contributed by atoms with Crippen LogP contribution in [0.4, 0.5) is 16.0 Å². The molecule has 12 heteroatoms. The Balaban J connectivity index is 1.65. The van der Waals surface area contributed by atoms with Crippen LogP contribution in [0.15, 0.2) is 76.4 Å². The number of hydrogen-bond donors (Lipinski definition) is 2. The van der Waals surface area contributed by atoms with Crippen molar-refractivity contribution in [2.45, 2.75) is 19.0 Å². The third-order valence-corrected chi connectivity index (χ3v) is 5.32.